The molecule has 0 bridgehead atoms. The first-order chi connectivity index (χ1) is 13.1. The molecule has 0 saturated carbocycles. The van der Waals surface area contributed by atoms with Gasteiger partial charge in [0.2, 0.25) is 5.13 Å². The average Bonchev–Trinajstić information content (AvgIpc) is 3.06. The molecule has 0 atom stereocenters. The van der Waals surface area contributed by atoms with Crippen molar-refractivity contribution in [1.82, 2.24) is 4.98 Å². The molecule has 3 aromatic rings. The predicted octanol–water partition coefficient (Wildman–Crippen LogP) is 4.29. The Morgan fingerprint density at radius 3 is 2.85 bits per heavy atom. The van der Waals surface area contributed by atoms with Gasteiger partial charge < -0.3 is 15.2 Å². The topological polar surface area (TPSA) is 81.8 Å². The SMILES string of the molecule is CCOc1cc(C=NNc2nc(N)cs2)ccc1OCc1cccc(F)c1. The summed E-state index contributed by atoms with van der Waals surface area (Å²) in [4.78, 5) is 4.06. The van der Waals surface area contributed by atoms with E-state index < -0.39 is 0 Å². The summed E-state index contributed by atoms with van der Waals surface area (Å²) in [6.45, 7) is 2.64. The minimum Gasteiger partial charge on any atom is -0.490 e. The number of benzene rings is 2. The first kappa shape index (κ1) is 18.7. The molecule has 3 N–H and O–H groups in total. The number of nitrogens with zero attached hydrogens (tertiary/aromatic N) is 2. The Morgan fingerprint density at radius 1 is 1.22 bits per heavy atom. The molecule has 0 unspecified atom stereocenters. The van der Waals surface area contributed by atoms with Gasteiger partial charge in [-0.1, -0.05) is 12.1 Å². The molecule has 0 aliphatic carbocycles. The molecule has 0 fully saturated rings. The third kappa shape index (κ3) is 5.42. The first-order valence-corrected chi connectivity index (χ1v) is 9.16. The molecular weight excluding hydrogens is 367 g/mol. The summed E-state index contributed by atoms with van der Waals surface area (Å²) in [5, 5.41) is 6.49. The molecule has 2 aromatic carbocycles. The maximum atomic E-state index is 13.3. The summed E-state index contributed by atoms with van der Waals surface area (Å²) in [7, 11) is 0. The molecule has 0 aliphatic rings. The van der Waals surface area contributed by atoms with E-state index >= 15 is 0 Å². The van der Waals surface area contributed by atoms with E-state index in [0.717, 1.165) is 11.1 Å². The molecule has 140 valence electrons. The van der Waals surface area contributed by atoms with Crippen LogP contribution >= 0.6 is 11.3 Å². The zero-order valence-corrected chi connectivity index (χ0v) is 15.5. The number of nitrogens with two attached hydrogens (primary N) is 1. The largest absolute Gasteiger partial charge is 0.490 e. The first-order valence-electron chi connectivity index (χ1n) is 8.28. The van der Waals surface area contributed by atoms with Crippen LogP contribution in [0.3, 0.4) is 0 Å². The number of halogens is 1. The molecule has 6 nitrogen and oxygen atoms in total. The van der Waals surface area contributed by atoms with Gasteiger partial charge in [-0.2, -0.15) is 5.10 Å². The third-order valence-electron chi connectivity index (χ3n) is 3.45. The molecule has 0 aliphatic heterocycles. The van der Waals surface area contributed by atoms with Gasteiger partial charge in [0.15, 0.2) is 11.5 Å². The van der Waals surface area contributed by atoms with E-state index in [4.69, 9.17) is 15.2 Å². The number of rotatable bonds is 8. The lowest BCUT2D eigenvalue weighted by Gasteiger charge is -2.12. The number of anilines is 2. The van der Waals surface area contributed by atoms with Gasteiger partial charge in [0.1, 0.15) is 18.2 Å². The highest BCUT2D eigenvalue weighted by Gasteiger charge is 2.07. The maximum Gasteiger partial charge on any atom is 0.205 e. The molecule has 0 amide bonds. The van der Waals surface area contributed by atoms with Crippen LogP contribution in [0.5, 0.6) is 11.5 Å². The van der Waals surface area contributed by atoms with E-state index in [9.17, 15) is 4.39 Å². The van der Waals surface area contributed by atoms with Gasteiger partial charge in [0, 0.05) is 5.38 Å². The maximum absolute atomic E-state index is 13.3. The average molecular weight is 386 g/mol. The van der Waals surface area contributed by atoms with Crippen molar-refractivity contribution in [1.29, 1.82) is 0 Å². The fourth-order valence-electron chi connectivity index (χ4n) is 2.28. The van der Waals surface area contributed by atoms with Crippen LogP contribution in [-0.4, -0.2) is 17.8 Å². The third-order valence-corrected chi connectivity index (χ3v) is 4.21. The zero-order chi connectivity index (χ0) is 19.1. The summed E-state index contributed by atoms with van der Waals surface area (Å²) >= 11 is 1.37. The smallest absolute Gasteiger partial charge is 0.205 e. The van der Waals surface area contributed by atoms with Crippen LogP contribution < -0.4 is 20.6 Å². The number of thiazole rings is 1. The quantitative estimate of drug-likeness (QED) is 0.446. The Morgan fingerprint density at radius 2 is 2.11 bits per heavy atom. The molecule has 8 heteroatoms. The van der Waals surface area contributed by atoms with Crippen LogP contribution in [0.1, 0.15) is 18.1 Å². The number of nitrogens with one attached hydrogen (secondary N) is 1. The van der Waals surface area contributed by atoms with Gasteiger partial charge in [-0.05, 0) is 48.4 Å². The van der Waals surface area contributed by atoms with Crippen LogP contribution in [0.2, 0.25) is 0 Å². The minimum absolute atomic E-state index is 0.248. The second-order valence-electron chi connectivity index (χ2n) is 5.51. The van der Waals surface area contributed by atoms with E-state index in [-0.39, 0.29) is 12.4 Å². The molecule has 27 heavy (non-hydrogen) atoms. The Balaban J connectivity index is 1.68. The summed E-state index contributed by atoms with van der Waals surface area (Å²) in [6.07, 6.45) is 1.65. The molecule has 3 rings (SSSR count). The highest BCUT2D eigenvalue weighted by atomic mass is 32.1. The molecule has 1 aromatic heterocycles. The van der Waals surface area contributed by atoms with Crippen molar-refractivity contribution in [2.75, 3.05) is 17.8 Å². The van der Waals surface area contributed by atoms with Crippen molar-refractivity contribution in [2.24, 2.45) is 5.10 Å². The van der Waals surface area contributed by atoms with E-state index in [1.807, 2.05) is 25.1 Å². The number of hydrogen-bond acceptors (Lipinski definition) is 7. The normalized spacial score (nSPS) is 10.9. The van der Waals surface area contributed by atoms with Crippen LogP contribution in [0.15, 0.2) is 52.9 Å². The number of hydrogen-bond donors (Lipinski definition) is 2. The van der Waals surface area contributed by atoms with E-state index in [1.165, 1.54) is 23.5 Å². The van der Waals surface area contributed by atoms with Gasteiger partial charge in [0.05, 0.1) is 12.8 Å². The van der Waals surface area contributed by atoms with Gasteiger partial charge in [-0.15, -0.1) is 11.3 Å². The van der Waals surface area contributed by atoms with Gasteiger partial charge in [-0.25, -0.2) is 9.37 Å². The number of nitrogen functional groups attached to an aromatic ring is 1. The fraction of sp³-hybridized carbons (Fsp3) is 0.158. The van der Waals surface area contributed by atoms with Gasteiger partial charge >= 0.3 is 0 Å². The number of ether oxygens (including phenoxy) is 2. The lowest BCUT2D eigenvalue weighted by Crippen LogP contribution is -2.01. The van der Waals surface area contributed by atoms with Crippen molar-refractivity contribution in [3.8, 4) is 11.5 Å². The number of aromatic nitrogens is 1. The molecule has 1 heterocycles. The zero-order valence-electron chi connectivity index (χ0n) is 14.7. The van der Waals surface area contributed by atoms with Gasteiger partial charge in [-0.3, -0.25) is 5.43 Å². The van der Waals surface area contributed by atoms with Crippen LogP contribution in [0, 0.1) is 5.82 Å². The van der Waals surface area contributed by atoms with Crippen molar-refractivity contribution >= 4 is 28.5 Å². The van der Waals surface area contributed by atoms with Crippen molar-refractivity contribution in [3.63, 3.8) is 0 Å². The van der Waals surface area contributed by atoms with Crippen LogP contribution in [0.4, 0.5) is 15.3 Å². The monoisotopic (exact) mass is 386 g/mol. The van der Waals surface area contributed by atoms with E-state index in [1.54, 1.807) is 23.7 Å². The Hall–Kier alpha value is -3.13. The molecule has 0 saturated heterocycles. The minimum atomic E-state index is -0.290. The second kappa shape index (κ2) is 9.00. The Kier molecular flexibility index (Phi) is 6.22. The molecular formula is C19H19FN4O2S. The fourth-order valence-corrected chi connectivity index (χ4v) is 2.83. The lowest BCUT2D eigenvalue weighted by molar-refractivity contribution is 0.269. The summed E-state index contributed by atoms with van der Waals surface area (Å²) in [6, 6.07) is 11.8. The Labute approximate surface area is 160 Å². The molecule has 0 radical (unpaired) electrons. The van der Waals surface area contributed by atoms with Crippen LogP contribution in [-0.2, 0) is 6.61 Å². The van der Waals surface area contributed by atoms with Crippen molar-refractivity contribution in [3.05, 3.63) is 64.8 Å². The van der Waals surface area contributed by atoms with Crippen molar-refractivity contribution < 1.29 is 13.9 Å². The van der Waals surface area contributed by atoms with Crippen LogP contribution in [0.25, 0.3) is 0 Å². The standard InChI is InChI=1S/C19H19FN4O2S/c1-2-25-17-9-13(10-22-24-19-23-18(21)12-27-19)6-7-16(17)26-11-14-4-3-5-15(20)8-14/h3-10,12H,2,11,21H2,1H3,(H,23,24). The van der Waals surface area contributed by atoms with Gasteiger partial charge in [0.25, 0.3) is 0 Å². The number of hydrazone groups is 1. The van der Waals surface area contributed by atoms with Crippen molar-refractivity contribution in [2.45, 2.75) is 13.5 Å². The Bertz CT molecular complexity index is 930. The predicted molar refractivity (Wildman–Crippen MR) is 106 cm³/mol. The summed E-state index contributed by atoms with van der Waals surface area (Å²) in [5.74, 6) is 1.34. The van der Waals surface area contributed by atoms with E-state index in [2.05, 4.69) is 15.5 Å². The highest BCUT2D eigenvalue weighted by molar-refractivity contribution is 7.14. The lowest BCUT2D eigenvalue weighted by atomic mass is 10.2. The summed E-state index contributed by atoms with van der Waals surface area (Å²) in [5.41, 5.74) is 9.96. The second-order valence-corrected chi connectivity index (χ2v) is 6.36. The van der Waals surface area contributed by atoms with E-state index in [0.29, 0.717) is 29.1 Å². The molecule has 0 spiro atoms. The summed E-state index contributed by atoms with van der Waals surface area (Å²) < 4.78 is 24.7. The highest BCUT2D eigenvalue weighted by Crippen LogP contribution is 2.29.